The lowest BCUT2D eigenvalue weighted by atomic mass is 10.1. The number of halogens is 3. The Morgan fingerprint density at radius 1 is 1.39 bits per heavy atom. The zero-order chi connectivity index (χ0) is 17.0. The van der Waals surface area contributed by atoms with Crippen molar-refractivity contribution in [2.45, 2.75) is 25.9 Å². The lowest BCUT2D eigenvalue weighted by Crippen LogP contribution is -2.08. The van der Waals surface area contributed by atoms with Crippen LogP contribution in [-0.2, 0) is 12.6 Å². The summed E-state index contributed by atoms with van der Waals surface area (Å²) in [4.78, 5) is 10.3. The first-order valence-corrected chi connectivity index (χ1v) is 7.01. The predicted molar refractivity (Wildman–Crippen MR) is 80.6 cm³/mol. The Balaban J connectivity index is 2.39. The molecule has 0 spiro atoms. The normalized spacial score (nSPS) is 13.1. The number of nitro groups is 1. The molecule has 0 amide bonds. The number of aromatic nitrogens is 1. The zero-order valence-corrected chi connectivity index (χ0v) is 12.4. The molecule has 0 aliphatic carbocycles. The Morgan fingerprint density at radius 3 is 2.74 bits per heavy atom. The van der Waals surface area contributed by atoms with Crippen LogP contribution in [0, 0.1) is 10.1 Å². The van der Waals surface area contributed by atoms with E-state index in [1.54, 1.807) is 31.3 Å². The minimum Gasteiger partial charge on any atom is -0.320 e. The molecule has 122 valence electrons. The minimum atomic E-state index is -4.47. The van der Waals surface area contributed by atoms with E-state index in [9.17, 15) is 23.3 Å². The highest BCUT2D eigenvalue weighted by molar-refractivity contribution is 5.54. The Labute approximate surface area is 130 Å². The summed E-state index contributed by atoms with van der Waals surface area (Å²) in [7, 11) is 0. The quantitative estimate of drug-likeness (QED) is 0.457. The summed E-state index contributed by atoms with van der Waals surface area (Å²) in [5, 5.41) is 10.8. The van der Waals surface area contributed by atoms with Crippen molar-refractivity contribution in [3.8, 4) is 0 Å². The van der Waals surface area contributed by atoms with Gasteiger partial charge in [-0.05, 0) is 30.7 Å². The first-order chi connectivity index (χ1) is 10.8. The summed E-state index contributed by atoms with van der Waals surface area (Å²) >= 11 is 0. The molecule has 2 aromatic rings. The van der Waals surface area contributed by atoms with Gasteiger partial charge in [-0.15, -0.1) is 0 Å². The van der Waals surface area contributed by atoms with Crippen molar-refractivity contribution < 1.29 is 18.1 Å². The molecule has 2 aromatic heterocycles. The van der Waals surface area contributed by atoms with Gasteiger partial charge in [-0.25, -0.2) is 0 Å². The van der Waals surface area contributed by atoms with E-state index in [0.29, 0.717) is 11.9 Å². The molecule has 0 unspecified atom stereocenters. The van der Waals surface area contributed by atoms with E-state index in [-0.39, 0.29) is 17.8 Å². The van der Waals surface area contributed by atoms with Crippen LogP contribution in [0.1, 0.15) is 24.6 Å². The standard InChI is InChI=1S/C16H15F3N2O2/c1-2-6-12(21(22)23)8-5-9-15-14(16(17,18)19)11-13-7-3-4-10-20(13)15/h3-8,10-11H,2,9H2,1H3/b8-5-,12-6+. The van der Waals surface area contributed by atoms with Gasteiger partial charge in [0.15, 0.2) is 0 Å². The highest BCUT2D eigenvalue weighted by Gasteiger charge is 2.35. The van der Waals surface area contributed by atoms with Crippen LogP contribution in [0.5, 0.6) is 0 Å². The number of fused-ring (bicyclic) bond motifs is 1. The van der Waals surface area contributed by atoms with Gasteiger partial charge in [-0.2, -0.15) is 13.2 Å². The van der Waals surface area contributed by atoms with Gasteiger partial charge < -0.3 is 4.40 Å². The fourth-order valence-electron chi connectivity index (χ4n) is 2.34. The molecule has 0 fully saturated rings. The second-order valence-electron chi connectivity index (χ2n) is 4.90. The fraction of sp³-hybridized carbons (Fsp3) is 0.250. The molecule has 4 nitrogen and oxygen atoms in total. The van der Waals surface area contributed by atoms with Crippen molar-refractivity contribution in [2.24, 2.45) is 0 Å². The van der Waals surface area contributed by atoms with E-state index in [4.69, 9.17) is 0 Å². The molecule has 0 saturated heterocycles. The van der Waals surface area contributed by atoms with Gasteiger partial charge in [0.05, 0.1) is 10.5 Å². The molecule has 0 radical (unpaired) electrons. The van der Waals surface area contributed by atoms with E-state index in [1.807, 2.05) is 0 Å². The zero-order valence-electron chi connectivity index (χ0n) is 12.4. The maximum absolute atomic E-state index is 13.2. The van der Waals surface area contributed by atoms with Crippen LogP contribution in [0.4, 0.5) is 13.2 Å². The molecule has 2 rings (SSSR count). The number of alkyl halides is 3. The summed E-state index contributed by atoms with van der Waals surface area (Å²) < 4.78 is 40.9. The third-order valence-electron chi connectivity index (χ3n) is 3.31. The smallest absolute Gasteiger partial charge is 0.320 e. The predicted octanol–water partition coefficient (Wildman–Crippen LogP) is 4.63. The van der Waals surface area contributed by atoms with Crippen molar-refractivity contribution >= 4 is 5.52 Å². The molecule has 0 aromatic carbocycles. The fourth-order valence-corrected chi connectivity index (χ4v) is 2.34. The van der Waals surface area contributed by atoms with E-state index in [0.717, 1.165) is 6.07 Å². The second-order valence-corrected chi connectivity index (χ2v) is 4.90. The average molecular weight is 324 g/mol. The number of nitrogens with zero attached hydrogens (tertiary/aromatic N) is 2. The third-order valence-corrected chi connectivity index (χ3v) is 3.31. The Morgan fingerprint density at radius 2 is 2.13 bits per heavy atom. The lowest BCUT2D eigenvalue weighted by molar-refractivity contribution is -0.419. The Kier molecular flexibility index (Phi) is 4.88. The van der Waals surface area contributed by atoms with Gasteiger partial charge in [0.1, 0.15) is 0 Å². The van der Waals surface area contributed by atoms with Crippen LogP contribution >= 0.6 is 0 Å². The molecule has 0 bridgehead atoms. The van der Waals surface area contributed by atoms with Crippen LogP contribution in [0.3, 0.4) is 0 Å². The molecule has 0 atom stereocenters. The van der Waals surface area contributed by atoms with Crippen molar-refractivity contribution in [3.63, 3.8) is 0 Å². The van der Waals surface area contributed by atoms with Gasteiger partial charge in [0.2, 0.25) is 0 Å². The summed E-state index contributed by atoms with van der Waals surface area (Å²) in [6, 6.07) is 5.96. The molecular weight excluding hydrogens is 309 g/mol. The highest BCUT2D eigenvalue weighted by atomic mass is 19.4. The first kappa shape index (κ1) is 16.8. The summed E-state index contributed by atoms with van der Waals surface area (Å²) in [6.07, 6.45) is 1.53. The van der Waals surface area contributed by atoms with Crippen LogP contribution < -0.4 is 0 Å². The van der Waals surface area contributed by atoms with Gasteiger partial charge in [-0.3, -0.25) is 10.1 Å². The lowest BCUT2D eigenvalue weighted by Gasteiger charge is -2.07. The minimum absolute atomic E-state index is 0.0537. The second kappa shape index (κ2) is 6.68. The molecular formula is C16H15F3N2O2. The number of hydrogen-bond donors (Lipinski definition) is 0. The van der Waals surface area contributed by atoms with E-state index < -0.39 is 16.7 Å². The number of pyridine rings is 1. The molecule has 0 saturated carbocycles. The van der Waals surface area contributed by atoms with Gasteiger partial charge in [0.25, 0.3) is 5.70 Å². The monoisotopic (exact) mass is 324 g/mol. The van der Waals surface area contributed by atoms with Crippen molar-refractivity contribution in [2.75, 3.05) is 0 Å². The van der Waals surface area contributed by atoms with Crippen LogP contribution in [0.2, 0.25) is 0 Å². The number of allylic oxidation sites excluding steroid dienone is 3. The Hall–Kier alpha value is -2.57. The Bertz CT molecular complexity index is 773. The van der Waals surface area contributed by atoms with Crippen molar-refractivity contribution in [1.82, 2.24) is 4.40 Å². The maximum atomic E-state index is 13.2. The summed E-state index contributed by atoms with van der Waals surface area (Å²) in [5.41, 5.74) is -0.359. The SMILES string of the molecule is CC/C=C(\C=C/Cc1c(C(F)(F)F)cc2ccccn12)[N+](=O)[O-]. The molecule has 0 aliphatic rings. The van der Waals surface area contributed by atoms with E-state index in [2.05, 4.69) is 0 Å². The van der Waals surface area contributed by atoms with Crippen LogP contribution in [-0.4, -0.2) is 9.32 Å². The number of rotatable bonds is 5. The molecule has 0 N–H and O–H groups in total. The maximum Gasteiger partial charge on any atom is 0.418 e. The van der Waals surface area contributed by atoms with Crippen LogP contribution in [0.25, 0.3) is 5.52 Å². The van der Waals surface area contributed by atoms with E-state index in [1.165, 1.54) is 22.6 Å². The molecule has 7 heteroatoms. The van der Waals surface area contributed by atoms with Gasteiger partial charge in [-0.1, -0.05) is 19.1 Å². The highest BCUT2D eigenvalue weighted by Crippen LogP contribution is 2.34. The average Bonchev–Trinajstić information content (AvgIpc) is 2.85. The molecule has 23 heavy (non-hydrogen) atoms. The van der Waals surface area contributed by atoms with Gasteiger partial charge >= 0.3 is 6.18 Å². The van der Waals surface area contributed by atoms with E-state index >= 15 is 0 Å². The van der Waals surface area contributed by atoms with Crippen LogP contribution in [0.15, 0.2) is 54.4 Å². The summed E-state index contributed by atoms with van der Waals surface area (Å²) in [6.45, 7) is 1.75. The largest absolute Gasteiger partial charge is 0.418 e. The molecule has 2 heterocycles. The van der Waals surface area contributed by atoms with Gasteiger partial charge in [0, 0.05) is 29.9 Å². The third kappa shape index (κ3) is 3.80. The first-order valence-electron chi connectivity index (χ1n) is 7.01. The number of hydrogen-bond acceptors (Lipinski definition) is 2. The topological polar surface area (TPSA) is 47.5 Å². The van der Waals surface area contributed by atoms with Crippen molar-refractivity contribution in [1.29, 1.82) is 0 Å². The summed E-state index contributed by atoms with van der Waals surface area (Å²) in [5.74, 6) is 0. The molecule has 0 aliphatic heterocycles. The van der Waals surface area contributed by atoms with Crippen molar-refractivity contribution in [3.05, 3.63) is 75.8 Å².